The Morgan fingerprint density at radius 1 is 1.33 bits per heavy atom. The summed E-state index contributed by atoms with van der Waals surface area (Å²) in [4.78, 5) is 33.2. The summed E-state index contributed by atoms with van der Waals surface area (Å²) in [5.74, 6) is -2.56. The van der Waals surface area contributed by atoms with Crippen LogP contribution in [0.3, 0.4) is 0 Å². The van der Waals surface area contributed by atoms with Gasteiger partial charge in [0, 0.05) is 23.4 Å². The topological polar surface area (TPSA) is 92.7 Å². The molecule has 0 heterocycles. The number of halogens is 2. The van der Waals surface area contributed by atoms with E-state index in [1.165, 1.54) is 6.07 Å². The van der Waals surface area contributed by atoms with Gasteiger partial charge in [-0.25, -0.2) is 4.79 Å². The van der Waals surface area contributed by atoms with Crippen LogP contribution in [0.5, 0.6) is 0 Å². The van der Waals surface area contributed by atoms with Crippen LogP contribution in [0.4, 0.5) is 0 Å². The van der Waals surface area contributed by atoms with E-state index in [-0.39, 0.29) is 6.42 Å². The Balaban J connectivity index is 2.71. The Bertz CT molecular complexity index is 561. The standard InChI is InChI=1S/C13H13Cl2NO5/c1-7(17)21-6-12(18)16-11(13(19)20)4-8-2-3-9(14)5-10(8)15/h2-3,5,11H,4,6H2,1H3,(H,16,18)(H,19,20)/t11-/m1/s1. The molecule has 6 nitrogen and oxygen atoms in total. The third kappa shape index (κ3) is 6.01. The van der Waals surface area contributed by atoms with E-state index in [1.807, 2.05) is 0 Å². The molecule has 21 heavy (non-hydrogen) atoms. The van der Waals surface area contributed by atoms with Crippen molar-refractivity contribution >= 4 is 41.0 Å². The van der Waals surface area contributed by atoms with Crippen molar-refractivity contribution in [2.24, 2.45) is 0 Å². The van der Waals surface area contributed by atoms with Crippen molar-refractivity contribution in [2.75, 3.05) is 6.61 Å². The Morgan fingerprint density at radius 2 is 2.00 bits per heavy atom. The Hall–Kier alpha value is -1.79. The Labute approximate surface area is 131 Å². The monoisotopic (exact) mass is 333 g/mol. The zero-order valence-corrected chi connectivity index (χ0v) is 12.6. The van der Waals surface area contributed by atoms with Crippen molar-refractivity contribution in [1.29, 1.82) is 0 Å². The highest BCUT2D eigenvalue weighted by Crippen LogP contribution is 2.22. The van der Waals surface area contributed by atoms with Gasteiger partial charge in [-0.3, -0.25) is 9.59 Å². The first-order chi connectivity index (χ1) is 9.79. The van der Waals surface area contributed by atoms with Gasteiger partial charge in [-0.1, -0.05) is 29.3 Å². The lowest BCUT2D eigenvalue weighted by Crippen LogP contribution is -2.44. The fourth-order valence-electron chi connectivity index (χ4n) is 1.51. The van der Waals surface area contributed by atoms with Crippen molar-refractivity contribution < 1.29 is 24.2 Å². The number of carboxylic acid groups (broad SMARTS) is 1. The predicted molar refractivity (Wildman–Crippen MR) is 76.4 cm³/mol. The molecule has 0 aromatic heterocycles. The zero-order valence-electron chi connectivity index (χ0n) is 11.1. The molecule has 1 amide bonds. The second-order valence-corrected chi connectivity index (χ2v) is 5.02. The second-order valence-electron chi connectivity index (χ2n) is 4.18. The van der Waals surface area contributed by atoms with E-state index in [4.69, 9.17) is 28.3 Å². The molecule has 1 rings (SSSR count). The highest BCUT2D eigenvalue weighted by Gasteiger charge is 2.22. The lowest BCUT2D eigenvalue weighted by molar-refractivity contribution is -0.148. The van der Waals surface area contributed by atoms with Crippen LogP contribution in [0, 0.1) is 0 Å². The molecule has 0 aliphatic rings. The van der Waals surface area contributed by atoms with Gasteiger partial charge >= 0.3 is 11.9 Å². The van der Waals surface area contributed by atoms with Crippen LogP contribution in [0.15, 0.2) is 18.2 Å². The second kappa shape index (κ2) is 7.85. The number of rotatable bonds is 6. The molecule has 0 aliphatic carbocycles. The predicted octanol–water partition coefficient (Wildman–Crippen LogP) is 1.67. The fraction of sp³-hybridized carbons (Fsp3) is 0.308. The van der Waals surface area contributed by atoms with Crippen molar-refractivity contribution in [3.05, 3.63) is 33.8 Å². The van der Waals surface area contributed by atoms with E-state index >= 15 is 0 Å². The van der Waals surface area contributed by atoms with Crippen LogP contribution >= 0.6 is 23.2 Å². The summed E-state index contributed by atoms with van der Waals surface area (Å²) in [6.45, 7) is 0.614. The number of nitrogens with one attached hydrogen (secondary N) is 1. The average Bonchev–Trinajstić information content (AvgIpc) is 2.38. The third-order valence-electron chi connectivity index (χ3n) is 2.48. The molecule has 1 aromatic carbocycles. The largest absolute Gasteiger partial charge is 0.480 e. The number of amides is 1. The van der Waals surface area contributed by atoms with Crippen LogP contribution in [-0.2, 0) is 25.5 Å². The Kier molecular flexibility index (Phi) is 6.45. The molecular weight excluding hydrogens is 321 g/mol. The lowest BCUT2D eigenvalue weighted by atomic mass is 10.1. The van der Waals surface area contributed by atoms with Crippen molar-refractivity contribution in [3.63, 3.8) is 0 Å². The van der Waals surface area contributed by atoms with Crippen LogP contribution in [-0.4, -0.2) is 35.6 Å². The van der Waals surface area contributed by atoms with E-state index in [0.29, 0.717) is 15.6 Å². The normalized spacial score (nSPS) is 11.6. The lowest BCUT2D eigenvalue weighted by Gasteiger charge is -2.15. The number of ether oxygens (including phenoxy) is 1. The molecule has 0 saturated carbocycles. The van der Waals surface area contributed by atoms with Gasteiger partial charge in [0.25, 0.3) is 5.91 Å². The van der Waals surface area contributed by atoms with Crippen LogP contribution in [0.2, 0.25) is 10.0 Å². The van der Waals surface area contributed by atoms with E-state index in [0.717, 1.165) is 6.92 Å². The van der Waals surface area contributed by atoms with Gasteiger partial charge in [-0.15, -0.1) is 0 Å². The highest BCUT2D eigenvalue weighted by molar-refractivity contribution is 6.35. The molecule has 0 fully saturated rings. The van der Waals surface area contributed by atoms with Gasteiger partial charge in [0.1, 0.15) is 6.04 Å². The smallest absolute Gasteiger partial charge is 0.326 e. The number of hydrogen-bond acceptors (Lipinski definition) is 4. The minimum absolute atomic E-state index is 0.0167. The molecule has 0 bridgehead atoms. The van der Waals surface area contributed by atoms with E-state index in [1.54, 1.807) is 12.1 Å². The molecule has 0 saturated heterocycles. The van der Waals surface area contributed by atoms with Crippen LogP contribution in [0.1, 0.15) is 12.5 Å². The number of carbonyl (C=O) groups excluding carboxylic acids is 2. The number of esters is 1. The van der Waals surface area contributed by atoms with Gasteiger partial charge in [0.2, 0.25) is 0 Å². The highest BCUT2D eigenvalue weighted by atomic mass is 35.5. The summed E-state index contributed by atoms with van der Waals surface area (Å²) in [7, 11) is 0. The molecule has 8 heteroatoms. The first-order valence-electron chi connectivity index (χ1n) is 5.89. The maximum absolute atomic E-state index is 11.5. The summed E-state index contributed by atoms with van der Waals surface area (Å²) in [5.41, 5.74) is 0.529. The summed E-state index contributed by atoms with van der Waals surface area (Å²) in [5, 5.41) is 12.1. The van der Waals surface area contributed by atoms with E-state index in [2.05, 4.69) is 10.1 Å². The molecule has 0 aliphatic heterocycles. The summed E-state index contributed by atoms with van der Waals surface area (Å²) >= 11 is 11.7. The van der Waals surface area contributed by atoms with Gasteiger partial charge in [0.15, 0.2) is 6.61 Å². The number of carbonyl (C=O) groups is 3. The van der Waals surface area contributed by atoms with E-state index < -0.39 is 30.5 Å². The fourth-order valence-corrected chi connectivity index (χ4v) is 2.00. The molecule has 0 spiro atoms. The first-order valence-corrected chi connectivity index (χ1v) is 6.64. The minimum atomic E-state index is -1.22. The van der Waals surface area contributed by atoms with Crippen LogP contribution < -0.4 is 5.32 Å². The number of benzene rings is 1. The SMILES string of the molecule is CC(=O)OCC(=O)N[C@H](Cc1ccc(Cl)cc1Cl)C(=O)O. The summed E-state index contributed by atoms with van der Waals surface area (Å²) < 4.78 is 4.49. The Morgan fingerprint density at radius 3 is 2.52 bits per heavy atom. The minimum Gasteiger partial charge on any atom is -0.480 e. The first kappa shape index (κ1) is 17.3. The van der Waals surface area contributed by atoms with Crippen molar-refractivity contribution in [1.82, 2.24) is 5.32 Å². The quantitative estimate of drug-likeness (QED) is 0.772. The third-order valence-corrected chi connectivity index (χ3v) is 3.07. The summed E-state index contributed by atoms with van der Waals surface area (Å²) in [6, 6.07) is 3.45. The molecule has 0 radical (unpaired) electrons. The van der Waals surface area contributed by atoms with Crippen molar-refractivity contribution in [3.8, 4) is 0 Å². The molecular formula is C13H13Cl2NO5. The molecule has 1 atom stereocenters. The van der Waals surface area contributed by atoms with Gasteiger partial charge in [-0.2, -0.15) is 0 Å². The van der Waals surface area contributed by atoms with Gasteiger partial charge in [0.05, 0.1) is 0 Å². The average molecular weight is 334 g/mol. The summed E-state index contributed by atoms with van der Waals surface area (Å²) in [6.07, 6.45) is -0.0167. The number of aliphatic carboxylic acids is 1. The van der Waals surface area contributed by atoms with Gasteiger partial charge in [-0.05, 0) is 17.7 Å². The number of hydrogen-bond donors (Lipinski definition) is 2. The molecule has 0 unspecified atom stereocenters. The van der Waals surface area contributed by atoms with Gasteiger partial charge < -0.3 is 15.2 Å². The maximum Gasteiger partial charge on any atom is 0.326 e. The number of carboxylic acids is 1. The molecule has 2 N–H and O–H groups in total. The molecule has 114 valence electrons. The zero-order chi connectivity index (χ0) is 16.0. The maximum atomic E-state index is 11.5. The van der Waals surface area contributed by atoms with Crippen molar-refractivity contribution in [2.45, 2.75) is 19.4 Å². The van der Waals surface area contributed by atoms with E-state index in [9.17, 15) is 14.4 Å². The molecule has 1 aromatic rings. The van der Waals surface area contributed by atoms with Crippen LogP contribution in [0.25, 0.3) is 0 Å².